The first kappa shape index (κ1) is 21.1. The van der Waals surface area contributed by atoms with Crippen LogP contribution in [-0.2, 0) is 0 Å². The molecule has 0 atom stereocenters. The number of rotatable bonds is 6. The van der Waals surface area contributed by atoms with E-state index < -0.39 is 0 Å². The van der Waals surface area contributed by atoms with Gasteiger partial charge in [0.1, 0.15) is 11.5 Å². The van der Waals surface area contributed by atoms with Crippen LogP contribution in [0.1, 0.15) is 16.1 Å². The Labute approximate surface area is 191 Å². The molecule has 1 amide bonds. The summed E-state index contributed by atoms with van der Waals surface area (Å²) in [6.45, 7) is 1.86. The van der Waals surface area contributed by atoms with Gasteiger partial charge in [-0.1, -0.05) is 15.9 Å². The lowest BCUT2D eigenvalue weighted by molar-refractivity contribution is 0.102. The molecule has 158 valence electrons. The molecule has 1 N–H and O–H groups in total. The van der Waals surface area contributed by atoms with E-state index in [9.17, 15) is 4.79 Å². The van der Waals surface area contributed by atoms with Crippen molar-refractivity contribution in [3.05, 3.63) is 69.8 Å². The SMILES string of the molecule is COc1ccc(-c2csc(NC(=O)c3cnn(-c4ccc(Br)cc4)c3C)n2)c(OC)c1. The average molecular weight is 499 g/mol. The summed E-state index contributed by atoms with van der Waals surface area (Å²) >= 11 is 4.77. The second-order valence-electron chi connectivity index (χ2n) is 6.59. The number of hydrogen-bond acceptors (Lipinski definition) is 6. The van der Waals surface area contributed by atoms with Crippen LogP contribution in [0, 0.1) is 6.92 Å². The van der Waals surface area contributed by atoms with Gasteiger partial charge in [0.05, 0.1) is 43.1 Å². The highest BCUT2D eigenvalue weighted by atomic mass is 79.9. The number of aromatic nitrogens is 3. The molecule has 0 aliphatic carbocycles. The summed E-state index contributed by atoms with van der Waals surface area (Å²) in [7, 11) is 3.20. The van der Waals surface area contributed by atoms with Crippen molar-refractivity contribution in [2.45, 2.75) is 6.92 Å². The molecule has 4 aromatic rings. The molecule has 7 nitrogen and oxygen atoms in total. The van der Waals surface area contributed by atoms with Gasteiger partial charge >= 0.3 is 0 Å². The van der Waals surface area contributed by atoms with E-state index in [0.29, 0.717) is 27.9 Å². The van der Waals surface area contributed by atoms with Gasteiger partial charge in [-0.2, -0.15) is 5.10 Å². The van der Waals surface area contributed by atoms with E-state index in [0.717, 1.165) is 21.4 Å². The molecule has 9 heteroatoms. The number of nitrogens with one attached hydrogen (secondary N) is 1. The number of ether oxygens (including phenoxy) is 2. The Hall–Kier alpha value is -3.17. The fourth-order valence-corrected chi connectivity index (χ4v) is 4.07. The largest absolute Gasteiger partial charge is 0.497 e. The smallest absolute Gasteiger partial charge is 0.260 e. The van der Waals surface area contributed by atoms with E-state index in [1.54, 1.807) is 31.2 Å². The lowest BCUT2D eigenvalue weighted by Gasteiger charge is -2.08. The highest BCUT2D eigenvalue weighted by Crippen LogP contribution is 2.35. The first-order valence-corrected chi connectivity index (χ1v) is 11.0. The molecule has 0 unspecified atom stereocenters. The summed E-state index contributed by atoms with van der Waals surface area (Å²) in [6, 6.07) is 13.2. The number of thiazole rings is 1. The summed E-state index contributed by atoms with van der Waals surface area (Å²) in [6.07, 6.45) is 1.56. The van der Waals surface area contributed by atoms with Crippen LogP contribution in [0.4, 0.5) is 5.13 Å². The first-order chi connectivity index (χ1) is 15.0. The standard InChI is InChI=1S/C22H19BrN4O3S/c1-13-18(11-24-27(13)15-6-4-14(23)5-7-15)21(28)26-22-25-19(12-31-22)17-9-8-16(29-2)10-20(17)30-3/h4-12H,1-3H3,(H,25,26,28). The van der Waals surface area contributed by atoms with Crippen molar-refractivity contribution in [2.24, 2.45) is 0 Å². The maximum absolute atomic E-state index is 12.8. The maximum atomic E-state index is 12.8. The van der Waals surface area contributed by atoms with E-state index in [2.05, 4.69) is 31.3 Å². The summed E-state index contributed by atoms with van der Waals surface area (Å²) in [4.78, 5) is 17.4. The minimum atomic E-state index is -0.261. The molecule has 0 bridgehead atoms. The molecule has 4 rings (SSSR count). The number of carbonyl (C=O) groups is 1. The number of carbonyl (C=O) groups excluding carboxylic acids is 1. The Morgan fingerprint density at radius 3 is 2.61 bits per heavy atom. The van der Waals surface area contributed by atoms with Gasteiger partial charge in [0.25, 0.3) is 5.91 Å². The van der Waals surface area contributed by atoms with Gasteiger partial charge in [0.15, 0.2) is 5.13 Å². The molecule has 0 saturated heterocycles. The highest BCUT2D eigenvalue weighted by molar-refractivity contribution is 9.10. The van der Waals surface area contributed by atoms with Crippen LogP contribution in [0.3, 0.4) is 0 Å². The highest BCUT2D eigenvalue weighted by Gasteiger charge is 2.18. The van der Waals surface area contributed by atoms with Crippen LogP contribution in [0.25, 0.3) is 16.9 Å². The lowest BCUT2D eigenvalue weighted by atomic mass is 10.1. The minimum absolute atomic E-state index is 0.261. The molecule has 0 saturated carbocycles. The van der Waals surface area contributed by atoms with E-state index in [4.69, 9.17) is 9.47 Å². The molecule has 2 aromatic carbocycles. The van der Waals surface area contributed by atoms with Crippen LogP contribution >= 0.6 is 27.3 Å². The number of benzene rings is 2. The predicted octanol–water partition coefficient (Wildman–Crippen LogP) is 5.34. The topological polar surface area (TPSA) is 78.3 Å². The molecule has 0 spiro atoms. The number of halogens is 1. The van der Waals surface area contributed by atoms with Crippen LogP contribution in [0.15, 0.2) is 58.5 Å². The quantitative estimate of drug-likeness (QED) is 0.388. The molecular formula is C22H19BrN4O3S. The maximum Gasteiger partial charge on any atom is 0.260 e. The van der Waals surface area contributed by atoms with Gasteiger partial charge in [0.2, 0.25) is 0 Å². The molecule has 0 aliphatic rings. The van der Waals surface area contributed by atoms with Crippen molar-refractivity contribution in [1.29, 1.82) is 0 Å². The van der Waals surface area contributed by atoms with E-state index in [1.807, 2.05) is 48.7 Å². The molecule has 2 heterocycles. The molecule has 2 aromatic heterocycles. The van der Waals surface area contributed by atoms with E-state index >= 15 is 0 Å². The number of anilines is 1. The monoisotopic (exact) mass is 498 g/mol. The van der Waals surface area contributed by atoms with Crippen molar-refractivity contribution in [3.63, 3.8) is 0 Å². The molecule has 31 heavy (non-hydrogen) atoms. The van der Waals surface area contributed by atoms with Gasteiger partial charge < -0.3 is 9.47 Å². The van der Waals surface area contributed by atoms with Crippen LogP contribution < -0.4 is 14.8 Å². The molecule has 0 fully saturated rings. The predicted molar refractivity (Wildman–Crippen MR) is 125 cm³/mol. The second kappa shape index (κ2) is 8.91. The van der Waals surface area contributed by atoms with Gasteiger partial charge in [0, 0.05) is 21.5 Å². The van der Waals surface area contributed by atoms with Crippen molar-refractivity contribution in [3.8, 4) is 28.4 Å². The Morgan fingerprint density at radius 1 is 1.13 bits per heavy atom. The fraction of sp³-hybridized carbons (Fsp3) is 0.136. The number of amides is 1. The summed E-state index contributed by atoms with van der Waals surface area (Å²) < 4.78 is 13.4. The van der Waals surface area contributed by atoms with Crippen LogP contribution in [0.5, 0.6) is 11.5 Å². The van der Waals surface area contributed by atoms with E-state index in [-0.39, 0.29) is 5.91 Å². The van der Waals surface area contributed by atoms with E-state index in [1.165, 1.54) is 11.3 Å². The van der Waals surface area contributed by atoms with Crippen molar-refractivity contribution in [2.75, 3.05) is 19.5 Å². The Balaban J connectivity index is 1.54. The zero-order valence-corrected chi connectivity index (χ0v) is 19.5. The summed E-state index contributed by atoms with van der Waals surface area (Å²) in [5.74, 6) is 1.08. The van der Waals surface area contributed by atoms with Gasteiger partial charge in [-0.15, -0.1) is 11.3 Å². The van der Waals surface area contributed by atoms with Gasteiger partial charge in [-0.3, -0.25) is 10.1 Å². The lowest BCUT2D eigenvalue weighted by Crippen LogP contribution is -2.13. The number of methoxy groups -OCH3 is 2. The normalized spacial score (nSPS) is 10.7. The Kier molecular flexibility index (Phi) is 6.06. The summed E-state index contributed by atoms with van der Waals surface area (Å²) in [5, 5.41) is 9.60. The Morgan fingerprint density at radius 2 is 1.90 bits per heavy atom. The third-order valence-corrected chi connectivity index (χ3v) is 6.02. The van der Waals surface area contributed by atoms with Crippen molar-refractivity contribution >= 4 is 38.3 Å². The number of hydrogen-bond donors (Lipinski definition) is 1. The Bertz CT molecular complexity index is 1230. The summed E-state index contributed by atoms with van der Waals surface area (Å²) in [5.41, 5.74) is 3.64. The third-order valence-electron chi connectivity index (χ3n) is 4.73. The third kappa shape index (κ3) is 4.33. The fourth-order valence-electron chi connectivity index (χ4n) is 3.10. The minimum Gasteiger partial charge on any atom is -0.497 e. The van der Waals surface area contributed by atoms with Crippen molar-refractivity contribution < 1.29 is 14.3 Å². The molecular weight excluding hydrogens is 480 g/mol. The zero-order valence-electron chi connectivity index (χ0n) is 17.0. The zero-order chi connectivity index (χ0) is 22.0. The van der Waals surface area contributed by atoms with Crippen LogP contribution in [-0.4, -0.2) is 34.9 Å². The number of nitrogens with zero attached hydrogens (tertiary/aromatic N) is 3. The second-order valence-corrected chi connectivity index (χ2v) is 8.36. The average Bonchev–Trinajstić information content (AvgIpc) is 3.40. The first-order valence-electron chi connectivity index (χ1n) is 9.30. The van der Waals surface area contributed by atoms with Gasteiger partial charge in [-0.05, 0) is 43.3 Å². The molecule has 0 radical (unpaired) electrons. The van der Waals surface area contributed by atoms with Crippen molar-refractivity contribution in [1.82, 2.24) is 14.8 Å². The van der Waals surface area contributed by atoms with Crippen LogP contribution in [0.2, 0.25) is 0 Å². The van der Waals surface area contributed by atoms with Gasteiger partial charge in [-0.25, -0.2) is 9.67 Å². The molecule has 0 aliphatic heterocycles.